The molecule has 0 amide bonds. The third-order valence-electron chi connectivity index (χ3n) is 5.63. The van der Waals surface area contributed by atoms with E-state index >= 15 is 0 Å². The van der Waals surface area contributed by atoms with Gasteiger partial charge in [0.2, 0.25) is 0 Å². The van der Waals surface area contributed by atoms with Crippen LogP contribution in [0.25, 0.3) is 11.1 Å². The zero-order valence-electron chi connectivity index (χ0n) is 18.9. The maximum Gasteiger partial charge on any atom is 0.343 e. The molecule has 166 valence electrons. The largest absolute Gasteiger partial charge is 0.497 e. The van der Waals surface area contributed by atoms with Crippen molar-refractivity contribution in [2.75, 3.05) is 25.1 Å². The summed E-state index contributed by atoms with van der Waals surface area (Å²) in [6.07, 6.45) is 1.90. The van der Waals surface area contributed by atoms with Crippen LogP contribution < -0.4 is 14.4 Å². The Bertz CT molecular complexity index is 1070. The van der Waals surface area contributed by atoms with Gasteiger partial charge >= 0.3 is 5.97 Å². The van der Waals surface area contributed by atoms with Gasteiger partial charge in [0, 0.05) is 13.1 Å². The maximum atomic E-state index is 12.9. The van der Waals surface area contributed by atoms with Gasteiger partial charge in [0.1, 0.15) is 17.3 Å². The van der Waals surface area contributed by atoms with Crippen molar-refractivity contribution in [3.05, 3.63) is 71.9 Å². The van der Waals surface area contributed by atoms with Crippen LogP contribution in [0.1, 0.15) is 29.8 Å². The number of carbonyl (C=O) groups is 1. The molecule has 0 aliphatic carbocycles. The topological polar surface area (TPSA) is 60.9 Å². The third-order valence-corrected chi connectivity index (χ3v) is 5.63. The minimum atomic E-state index is -0.402. The van der Waals surface area contributed by atoms with E-state index in [4.69, 9.17) is 14.2 Å². The van der Waals surface area contributed by atoms with Crippen LogP contribution in [-0.4, -0.2) is 43.4 Å². The molecule has 2 aromatic carbocycles. The fourth-order valence-electron chi connectivity index (χ4n) is 4.09. The Labute approximate surface area is 188 Å². The second-order valence-electron chi connectivity index (χ2n) is 8.11. The fraction of sp³-hybridized carbons (Fsp3) is 0.308. The van der Waals surface area contributed by atoms with Crippen molar-refractivity contribution in [1.29, 1.82) is 0 Å². The van der Waals surface area contributed by atoms with Crippen LogP contribution in [0.4, 0.5) is 5.82 Å². The van der Waals surface area contributed by atoms with E-state index in [2.05, 4.69) is 23.7 Å². The summed E-state index contributed by atoms with van der Waals surface area (Å²) in [5.74, 6) is 1.66. The monoisotopic (exact) mass is 432 g/mol. The van der Waals surface area contributed by atoms with Gasteiger partial charge in [-0.1, -0.05) is 24.3 Å². The molecular formula is C26H28N2O4. The molecule has 0 N–H and O–H groups in total. The van der Waals surface area contributed by atoms with Crippen molar-refractivity contribution in [3.63, 3.8) is 0 Å². The first-order chi connectivity index (χ1) is 15.4. The summed E-state index contributed by atoms with van der Waals surface area (Å²) in [6.45, 7) is 7.61. The highest BCUT2D eigenvalue weighted by Crippen LogP contribution is 2.28. The molecule has 2 atom stereocenters. The lowest BCUT2D eigenvalue weighted by Crippen LogP contribution is -2.45. The highest BCUT2D eigenvalue weighted by atomic mass is 16.5. The number of hydrogen-bond donors (Lipinski definition) is 0. The van der Waals surface area contributed by atoms with E-state index in [9.17, 15) is 4.79 Å². The number of morpholine rings is 1. The van der Waals surface area contributed by atoms with Crippen molar-refractivity contribution < 1.29 is 19.0 Å². The van der Waals surface area contributed by atoms with Crippen LogP contribution in [0.2, 0.25) is 0 Å². The summed E-state index contributed by atoms with van der Waals surface area (Å²) in [7, 11) is 1.64. The number of ether oxygens (including phenoxy) is 3. The number of pyridine rings is 1. The molecule has 0 saturated carbocycles. The van der Waals surface area contributed by atoms with E-state index in [1.165, 1.54) is 0 Å². The van der Waals surface area contributed by atoms with Gasteiger partial charge < -0.3 is 19.1 Å². The normalized spacial score (nSPS) is 18.3. The summed E-state index contributed by atoms with van der Waals surface area (Å²) in [5.41, 5.74) is 3.38. The molecule has 1 aliphatic rings. The summed E-state index contributed by atoms with van der Waals surface area (Å²) in [4.78, 5) is 19.6. The average molecular weight is 433 g/mol. The molecule has 0 spiro atoms. The predicted octanol–water partition coefficient (Wildman–Crippen LogP) is 4.90. The quantitative estimate of drug-likeness (QED) is 0.535. The standard InChI is InChI=1S/C26H28N2O4/c1-17-15-28(16-18(2)31-17)25-13-12-22(14-27-25)32-26(29)24-7-5-6-23(19(24)3)20-8-10-21(30-4)11-9-20/h5-14,17-18H,15-16H2,1-4H3. The van der Waals surface area contributed by atoms with Gasteiger partial charge in [-0.2, -0.15) is 0 Å². The second kappa shape index (κ2) is 9.40. The van der Waals surface area contributed by atoms with Gasteiger partial charge in [-0.3, -0.25) is 0 Å². The lowest BCUT2D eigenvalue weighted by molar-refractivity contribution is -0.00545. The number of benzene rings is 2. The van der Waals surface area contributed by atoms with E-state index in [1.807, 2.05) is 49.4 Å². The zero-order valence-corrected chi connectivity index (χ0v) is 18.9. The molecular weight excluding hydrogens is 404 g/mol. The highest BCUT2D eigenvalue weighted by Gasteiger charge is 2.23. The molecule has 1 aliphatic heterocycles. The van der Waals surface area contributed by atoms with Crippen molar-refractivity contribution in [1.82, 2.24) is 4.98 Å². The molecule has 6 heteroatoms. The highest BCUT2D eigenvalue weighted by molar-refractivity contribution is 5.94. The van der Waals surface area contributed by atoms with E-state index in [1.54, 1.807) is 25.4 Å². The van der Waals surface area contributed by atoms with E-state index in [0.29, 0.717) is 11.3 Å². The number of nitrogens with zero attached hydrogens (tertiary/aromatic N) is 2. The van der Waals surface area contributed by atoms with Gasteiger partial charge in [0.05, 0.1) is 31.1 Å². The second-order valence-corrected chi connectivity index (χ2v) is 8.11. The first kappa shape index (κ1) is 21.8. The van der Waals surface area contributed by atoms with Crippen molar-refractivity contribution in [2.45, 2.75) is 33.0 Å². The molecule has 3 aromatic rings. The molecule has 6 nitrogen and oxygen atoms in total. The van der Waals surface area contributed by atoms with Gasteiger partial charge in [-0.25, -0.2) is 9.78 Å². The first-order valence-electron chi connectivity index (χ1n) is 10.8. The Morgan fingerprint density at radius 2 is 1.69 bits per heavy atom. The lowest BCUT2D eigenvalue weighted by Gasteiger charge is -2.36. The summed E-state index contributed by atoms with van der Waals surface area (Å²) in [5, 5.41) is 0. The van der Waals surface area contributed by atoms with Crippen LogP contribution in [0.15, 0.2) is 60.8 Å². The van der Waals surface area contributed by atoms with Gasteiger partial charge in [0.15, 0.2) is 0 Å². The molecule has 1 fully saturated rings. The molecule has 0 bridgehead atoms. The summed E-state index contributed by atoms with van der Waals surface area (Å²) < 4.78 is 16.6. The van der Waals surface area contributed by atoms with E-state index in [0.717, 1.165) is 41.3 Å². The Kier molecular flexibility index (Phi) is 6.42. The fourth-order valence-corrected chi connectivity index (χ4v) is 4.09. The molecule has 32 heavy (non-hydrogen) atoms. The number of esters is 1. The Hall–Kier alpha value is -3.38. The van der Waals surface area contributed by atoms with Crippen LogP contribution in [-0.2, 0) is 4.74 Å². The number of hydrogen-bond acceptors (Lipinski definition) is 6. The van der Waals surface area contributed by atoms with E-state index < -0.39 is 5.97 Å². The van der Waals surface area contributed by atoms with Gasteiger partial charge in [0.25, 0.3) is 0 Å². The molecule has 2 unspecified atom stereocenters. The predicted molar refractivity (Wildman–Crippen MR) is 125 cm³/mol. The van der Waals surface area contributed by atoms with Crippen LogP contribution in [0.5, 0.6) is 11.5 Å². The Balaban J connectivity index is 1.49. The minimum Gasteiger partial charge on any atom is -0.497 e. The smallest absolute Gasteiger partial charge is 0.343 e. The number of rotatable bonds is 5. The third kappa shape index (κ3) is 4.75. The number of anilines is 1. The van der Waals surface area contributed by atoms with Crippen LogP contribution >= 0.6 is 0 Å². The van der Waals surface area contributed by atoms with E-state index in [-0.39, 0.29) is 12.2 Å². The van der Waals surface area contributed by atoms with Crippen LogP contribution in [0, 0.1) is 6.92 Å². The first-order valence-corrected chi connectivity index (χ1v) is 10.8. The zero-order chi connectivity index (χ0) is 22.7. The molecule has 4 rings (SSSR count). The summed E-state index contributed by atoms with van der Waals surface area (Å²) in [6, 6.07) is 17.1. The molecule has 1 aromatic heterocycles. The number of aromatic nitrogens is 1. The van der Waals surface area contributed by atoms with Crippen molar-refractivity contribution in [2.24, 2.45) is 0 Å². The lowest BCUT2D eigenvalue weighted by atomic mass is 9.96. The summed E-state index contributed by atoms with van der Waals surface area (Å²) >= 11 is 0. The molecule has 2 heterocycles. The minimum absolute atomic E-state index is 0.152. The van der Waals surface area contributed by atoms with Crippen LogP contribution in [0.3, 0.4) is 0 Å². The number of carbonyl (C=O) groups excluding carboxylic acids is 1. The SMILES string of the molecule is COc1ccc(-c2cccc(C(=O)Oc3ccc(N4CC(C)OC(C)C4)nc3)c2C)cc1. The molecule has 0 radical (unpaired) electrons. The molecule has 1 saturated heterocycles. The van der Waals surface area contributed by atoms with Crippen molar-refractivity contribution in [3.8, 4) is 22.6 Å². The van der Waals surface area contributed by atoms with Gasteiger partial charge in [-0.05, 0) is 67.8 Å². The average Bonchev–Trinajstić information content (AvgIpc) is 2.79. The number of methoxy groups -OCH3 is 1. The van der Waals surface area contributed by atoms with Gasteiger partial charge in [-0.15, -0.1) is 0 Å². The Morgan fingerprint density at radius 3 is 2.31 bits per heavy atom. The van der Waals surface area contributed by atoms with Crippen molar-refractivity contribution >= 4 is 11.8 Å². The Morgan fingerprint density at radius 1 is 1.00 bits per heavy atom. The maximum absolute atomic E-state index is 12.9.